The zero-order valence-corrected chi connectivity index (χ0v) is 12.8. The van der Waals surface area contributed by atoms with Crippen LogP contribution in [0.25, 0.3) is 0 Å². The predicted octanol–water partition coefficient (Wildman–Crippen LogP) is 1.15. The van der Waals surface area contributed by atoms with Crippen molar-refractivity contribution in [1.82, 2.24) is 10.2 Å². The Morgan fingerprint density at radius 2 is 2.43 bits per heavy atom. The van der Waals surface area contributed by atoms with E-state index >= 15 is 0 Å². The largest absolute Gasteiger partial charge is 0.387 e. The molecule has 21 heavy (non-hydrogen) atoms. The lowest BCUT2D eigenvalue weighted by Gasteiger charge is -2.36. The van der Waals surface area contributed by atoms with Crippen LogP contribution >= 0.6 is 11.3 Å². The topological polar surface area (TPSA) is 61.8 Å². The van der Waals surface area contributed by atoms with Gasteiger partial charge in [0.25, 0.3) is 0 Å². The molecule has 3 rings (SSSR count). The summed E-state index contributed by atoms with van der Waals surface area (Å²) in [6, 6.07) is 4.36. The van der Waals surface area contributed by atoms with Gasteiger partial charge < -0.3 is 20.1 Å². The number of hydrogen-bond donors (Lipinski definition) is 2. The maximum atomic E-state index is 12.3. The highest BCUT2D eigenvalue weighted by Gasteiger charge is 2.30. The average molecular weight is 310 g/mol. The number of morpholine rings is 1. The number of rotatable bonds is 6. The Morgan fingerprint density at radius 1 is 1.57 bits per heavy atom. The first-order valence-corrected chi connectivity index (χ1v) is 8.44. The first-order chi connectivity index (χ1) is 10.2. The van der Waals surface area contributed by atoms with Gasteiger partial charge in [0, 0.05) is 23.9 Å². The van der Waals surface area contributed by atoms with Crippen molar-refractivity contribution in [2.75, 3.05) is 26.3 Å². The van der Waals surface area contributed by atoms with E-state index in [9.17, 15) is 9.90 Å². The van der Waals surface area contributed by atoms with Crippen LogP contribution in [0.1, 0.15) is 30.2 Å². The van der Waals surface area contributed by atoms with Crippen LogP contribution in [0.3, 0.4) is 0 Å². The van der Waals surface area contributed by atoms with Gasteiger partial charge in [0.2, 0.25) is 5.91 Å². The summed E-state index contributed by atoms with van der Waals surface area (Å²) in [6.07, 6.45) is 2.37. The minimum Gasteiger partial charge on any atom is -0.387 e. The van der Waals surface area contributed by atoms with E-state index in [-0.39, 0.29) is 11.9 Å². The molecule has 2 unspecified atom stereocenters. The van der Waals surface area contributed by atoms with Gasteiger partial charge >= 0.3 is 0 Å². The third-order valence-electron chi connectivity index (χ3n) is 4.03. The van der Waals surface area contributed by atoms with E-state index in [1.54, 1.807) is 11.3 Å². The molecule has 1 saturated heterocycles. The van der Waals surface area contributed by atoms with Crippen molar-refractivity contribution in [3.8, 4) is 0 Å². The van der Waals surface area contributed by atoms with Crippen molar-refractivity contribution < 1.29 is 14.6 Å². The lowest BCUT2D eigenvalue weighted by Crippen LogP contribution is -2.51. The van der Waals surface area contributed by atoms with Crippen molar-refractivity contribution in [2.45, 2.75) is 37.5 Å². The fraction of sp³-hybridized carbons (Fsp3) is 0.667. The van der Waals surface area contributed by atoms with Gasteiger partial charge in [-0.15, -0.1) is 11.3 Å². The second-order valence-corrected chi connectivity index (χ2v) is 6.72. The van der Waals surface area contributed by atoms with Gasteiger partial charge in [-0.2, -0.15) is 0 Å². The number of thiophene rings is 1. The number of ether oxygens (including phenoxy) is 1. The van der Waals surface area contributed by atoms with E-state index in [0.717, 1.165) is 4.88 Å². The van der Waals surface area contributed by atoms with Gasteiger partial charge in [0.15, 0.2) is 0 Å². The molecule has 1 aliphatic heterocycles. The van der Waals surface area contributed by atoms with Crippen molar-refractivity contribution in [2.24, 2.45) is 0 Å². The fourth-order valence-electron chi connectivity index (χ4n) is 2.65. The van der Waals surface area contributed by atoms with Crippen molar-refractivity contribution in [3.63, 3.8) is 0 Å². The molecular formula is C15H22N2O3S. The van der Waals surface area contributed by atoms with Crippen LogP contribution in [0, 0.1) is 0 Å². The summed E-state index contributed by atoms with van der Waals surface area (Å²) in [7, 11) is 0. The second kappa shape index (κ2) is 6.87. The van der Waals surface area contributed by atoms with E-state index in [1.807, 2.05) is 22.4 Å². The van der Waals surface area contributed by atoms with Crippen LogP contribution in [0.2, 0.25) is 0 Å². The number of carbonyl (C=O) groups excluding carboxylic acids is 1. The summed E-state index contributed by atoms with van der Waals surface area (Å²) >= 11 is 1.55. The van der Waals surface area contributed by atoms with E-state index in [2.05, 4.69) is 5.32 Å². The highest BCUT2D eigenvalue weighted by molar-refractivity contribution is 7.10. The van der Waals surface area contributed by atoms with Crippen LogP contribution in [0.4, 0.5) is 0 Å². The smallest absolute Gasteiger partial charge is 0.236 e. The van der Waals surface area contributed by atoms with Crippen LogP contribution < -0.4 is 5.32 Å². The van der Waals surface area contributed by atoms with Gasteiger partial charge in [0.1, 0.15) is 0 Å². The monoisotopic (exact) mass is 310 g/mol. The summed E-state index contributed by atoms with van der Waals surface area (Å²) in [5, 5.41) is 15.5. The Balaban J connectivity index is 1.56. The molecule has 116 valence electrons. The van der Waals surface area contributed by atoms with Gasteiger partial charge in [-0.05, 0) is 24.3 Å². The first-order valence-electron chi connectivity index (χ1n) is 7.56. The standard InChI is InChI=1S/C15H22N2O3S/c18-13(14-2-1-7-21-14)8-12-10-20-6-5-17(12)15(19)9-16-11-3-4-11/h1-2,7,11-13,16,18H,3-6,8-10H2. The number of carbonyl (C=O) groups is 1. The maximum Gasteiger partial charge on any atom is 0.236 e. The molecule has 2 atom stereocenters. The lowest BCUT2D eigenvalue weighted by atomic mass is 10.1. The number of aliphatic hydroxyl groups excluding tert-OH is 1. The molecule has 1 aromatic heterocycles. The molecule has 0 aromatic carbocycles. The Morgan fingerprint density at radius 3 is 3.14 bits per heavy atom. The molecule has 2 N–H and O–H groups in total. The summed E-state index contributed by atoms with van der Waals surface area (Å²) in [5.41, 5.74) is 0. The average Bonchev–Trinajstić information content (AvgIpc) is 3.16. The first kappa shape index (κ1) is 15.0. The summed E-state index contributed by atoms with van der Waals surface area (Å²) in [5.74, 6) is 0.119. The molecule has 0 bridgehead atoms. The number of amides is 1. The molecule has 1 amide bonds. The van der Waals surface area contributed by atoms with E-state index in [1.165, 1.54) is 12.8 Å². The SMILES string of the molecule is O=C(CNC1CC1)N1CCOCC1CC(O)c1cccs1. The molecule has 1 aliphatic carbocycles. The minimum absolute atomic E-state index is 0.0376. The van der Waals surface area contributed by atoms with Crippen molar-refractivity contribution in [3.05, 3.63) is 22.4 Å². The molecule has 1 saturated carbocycles. The molecule has 0 radical (unpaired) electrons. The molecule has 5 nitrogen and oxygen atoms in total. The molecule has 0 spiro atoms. The Bertz CT molecular complexity index is 461. The highest BCUT2D eigenvalue weighted by atomic mass is 32.1. The molecule has 6 heteroatoms. The molecule has 2 heterocycles. The molecule has 1 aromatic rings. The van der Waals surface area contributed by atoms with E-state index in [0.29, 0.717) is 38.8 Å². The number of nitrogens with one attached hydrogen (secondary N) is 1. The molecule has 2 fully saturated rings. The minimum atomic E-state index is -0.525. The van der Waals surface area contributed by atoms with Gasteiger partial charge in [-0.3, -0.25) is 4.79 Å². The second-order valence-electron chi connectivity index (χ2n) is 5.74. The van der Waals surface area contributed by atoms with Crippen LogP contribution in [0.15, 0.2) is 17.5 Å². The Kier molecular flexibility index (Phi) is 4.90. The van der Waals surface area contributed by atoms with Gasteiger partial charge in [-0.25, -0.2) is 0 Å². The maximum absolute atomic E-state index is 12.3. The quantitative estimate of drug-likeness (QED) is 0.827. The highest BCUT2D eigenvalue weighted by Crippen LogP contribution is 2.26. The third-order valence-corrected chi connectivity index (χ3v) is 5.01. The number of nitrogens with zero attached hydrogens (tertiary/aromatic N) is 1. The third kappa shape index (κ3) is 4.03. The van der Waals surface area contributed by atoms with E-state index in [4.69, 9.17) is 4.74 Å². The van der Waals surface area contributed by atoms with Crippen molar-refractivity contribution >= 4 is 17.2 Å². The Labute approximate surface area is 128 Å². The van der Waals surface area contributed by atoms with Gasteiger partial charge in [0.05, 0.1) is 31.9 Å². The molecular weight excluding hydrogens is 288 g/mol. The van der Waals surface area contributed by atoms with Crippen molar-refractivity contribution in [1.29, 1.82) is 0 Å². The lowest BCUT2D eigenvalue weighted by molar-refractivity contribution is -0.140. The Hall–Kier alpha value is -0.950. The normalized spacial score (nSPS) is 24.0. The number of aliphatic hydroxyl groups is 1. The summed E-state index contributed by atoms with van der Waals surface area (Å²) in [6.45, 7) is 2.11. The number of hydrogen-bond acceptors (Lipinski definition) is 5. The zero-order chi connectivity index (χ0) is 14.7. The fourth-order valence-corrected chi connectivity index (χ4v) is 3.38. The van der Waals surface area contributed by atoms with Crippen LogP contribution in [-0.2, 0) is 9.53 Å². The van der Waals surface area contributed by atoms with E-state index < -0.39 is 6.10 Å². The van der Waals surface area contributed by atoms with Crippen LogP contribution in [-0.4, -0.2) is 54.3 Å². The summed E-state index contributed by atoms with van der Waals surface area (Å²) < 4.78 is 5.50. The molecule has 2 aliphatic rings. The predicted molar refractivity (Wildman–Crippen MR) is 81.2 cm³/mol. The zero-order valence-electron chi connectivity index (χ0n) is 12.0. The van der Waals surface area contributed by atoms with Gasteiger partial charge in [-0.1, -0.05) is 6.07 Å². The van der Waals surface area contributed by atoms with Crippen LogP contribution in [0.5, 0.6) is 0 Å². The summed E-state index contributed by atoms with van der Waals surface area (Å²) in [4.78, 5) is 15.2.